The molecule has 0 aliphatic rings. The third kappa shape index (κ3) is 3.74. The molecule has 0 atom stereocenters. The second-order valence-electron chi connectivity index (χ2n) is 3.64. The molecule has 0 unspecified atom stereocenters. The highest BCUT2D eigenvalue weighted by molar-refractivity contribution is 7.90. The van der Waals surface area contributed by atoms with Crippen molar-refractivity contribution in [2.45, 2.75) is 17.7 Å². The van der Waals surface area contributed by atoms with Crippen molar-refractivity contribution in [3.63, 3.8) is 0 Å². The summed E-state index contributed by atoms with van der Waals surface area (Å²) in [6.45, 7) is 0. The first-order chi connectivity index (χ1) is 7.84. The number of aryl methyl sites for hydroxylation is 1. The van der Waals surface area contributed by atoms with Crippen molar-refractivity contribution in [3.8, 4) is 5.75 Å². The molecule has 0 saturated carbocycles. The van der Waals surface area contributed by atoms with Gasteiger partial charge in [-0.2, -0.15) is 0 Å². The molecule has 0 aliphatic carbocycles. The van der Waals surface area contributed by atoms with E-state index < -0.39 is 15.8 Å². The molecule has 17 heavy (non-hydrogen) atoms. The lowest BCUT2D eigenvalue weighted by Crippen LogP contribution is -2.05. The molecular weight excluding hydrogens is 244 g/mol. The first-order valence-corrected chi connectivity index (χ1v) is 6.82. The van der Waals surface area contributed by atoms with Crippen molar-refractivity contribution in [3.05, 3.63) is 23.8 Å². The highest BCUT2D eigenvalue weighted by Crippen LogP contribution is 2.23. The molecule has 0 heterocycles. The summed E-state index contributed by atoms with van der Waals surface area (Å²) in [5.74, 6) is -0.523. The standard InChI is InChI=1S/C11H14O5S/c1-16-9-5-3-8(4-6-11(12)13)10(7-9)17(2,14)15/h3,5,7H,4,6H2,1-2H3,(H,12,13). The maximum absolute atomic E-state index is 11.6. The van der Waals surface area contributed by atoms with Crippen molar-refractivity contribution >= 4 is 15.8 Å². The van der Waals surface area contributed by atoms with Crippen LogP contribution in [0.25, 0.3) is 0 Å². The van der Waals surface area contributed by atoms with Crippen LogP contribution < -0.4 is 4.74 Å². The number of sulfone groups is 1. The van der Waals surface area contributed by atoms with Crippen molar-refractivity contribution < 1.29 is 23.1 Å². The Labute approximate surface area is 100.0 Å². The number of aliphatic carboxylic acids is 1. The molecule has 0 radical (unpaired) electrons. The van der Waals surface area contributed by atoms with Gasteiger partial charge in [0.25, 0.3) is 0 Å². The lowest BCUT2D eigenvalue weighted by atomic mass is 10.1. The normalized spacial score (nSPS) is 11.2. The predicted molar refractivity (Wildman–Crippen MR) is 62.1 cm³/mol. The molecule has 1 aromatic rings. The van der Waals surface area contributed by atoms with Crippen LogP contribution in [0, 0.1) is 0 Å². The fourth-order valence-corrected chi connectivity index (χ4v) is 2.43. The van der Waals surface area contributed by atoms with Crippen molar-refractivity contribution in [1.29, 1.82) is 0 Å². The molecule has 0 aliphatic heterocycles. The minimum atomic E-state index is -3.39. The Hall–Kier alpha value is -1.56. The molecule has 0 amide bonds. The van der Waals surface area contributed by atoms with Crippen molar-refractivity contribution in [2.24, 2.45) is 0 Å². The number of ether oxygens (including phenoxy) is 1. The van der Waals surface area contributed by atoms with Crippen molar-refractivity contribution in [1.82, 2.24) is 0 Å². The number of methoxy groups -OCH3 is 1. The minimum Gasteiger partial charge on any atom is -0.497 e. The number of carbonyl (C=O) groups is 1. The van der Waals surface area contributed by atoms with E-state index in [1.165, 1.54) is 13.2 Å². The Morgan fingerprint density at radius 3 is 2.53 bits per heavy atom. The summed E-state index contributed by atoms with van der Waals surface area (Å²) in [5, 5.41) is 8.60. The van der Waals surface area contributed by atoms with E-state index in [-0.39, 0.29) is 17.7 Å². The Balaban J connectivity index is 3.16. The Morgan fingerprint density at radius 2 is 2.06 bits per heavy atom. The predicted octanol–water partition coefficient (Wildman–Crippen LogP) is 1.12. The van der Waals surface area contributed by atoms with Gasteiger partial charge in [-0.1, -0.05) is 6.07 Å². The molecule has 0 bridgehead atoms. The summed E-state index contributed by atoms with van der Waals surface area (Å²) in [6, 6.07) is 4.61. The molecule has 1 N–H and O–H groups in total. The van der Waals surface area contributed by atoms with Gasteiger partial charge in [-0.15, -0.1) is 0 Å². The molecule has 5 nitrogen and oxygen atoms in total. The number of hydrogen-bond acceptors (Lipinski definition) is 4. The highest BCUT2D eigenvalue weighted by atomic mass is 32.2. The van der Waals surface area contributed by atoms with Gasteiger partial charge < -0.3 is 9.84 Å². The van der Waals surface area contributed by atoms with Crippen molar-refractivity contribution in [2.75, 3.05) is 13.4 Å². The average Bonchev–Trinajstić information content (AvgIpc) is 2.24. The average molecular weight is 258 g/mol. The Kier molecular flexibility index (Phi) is 4.11. The van der Waals surface area contributed by atoms with Crippen LogP contribution in [0.15, 0.2) is 23.1 Å². The monoisotopic (exact) mass is 258 g/mol. The molecule has 0 saturated heterocycles. The fraction of sp³-hybridized carbons (Fsp3) is 0.364. The van der Waals surface area contributed by atoms with Gasteiger partial charge in [0.2, 0.25) is 0 Å². The van der Waals surface area contributed by atoms with Crippen LogP contribution in [-0.2, 0) is 21.1 Å². The first kappa shape index (κ1) is 13.5. The summed E-state index contributed by atoms with van der Waals surface area (Å²) in [7, 11) is -1.94. The van der Waals surface area contributed by atoms with Gasteiger partial charge >= 0.3 is 5.97 Å². The second kappa shape index (κ2) is 5.18. The maximum Gasteiger partial charge on any atom is 0.303 e. The molecule has 6 heteroatoms. The molecule has 1 rings (SSSR count). The van der Waals surface area contributed by atoms with Crippen LogP contribution in [0.4, 0.5) is 0 Å². The Morgan fingerprint density at radius 1 is 1.41 bits per heavy atom. The first-order valence-electron chi connectivity index (χ1n) is 4.93. The number of carboxylic acid groups (broad SMARTS) is 1. The SMILES string of the molecule is COc1ccc(CCC(=O)O)c(S(C)(=O)=O)c1. The number of rotatable bonds is 5. The quantitative estimate of drug-likeness (QED) is 0.855. The van der Waals surface area contributed by atoms with E-state index in [0.29, 0.717) is 11.3 Å². The van der Waals surface area contributed by atoms with Gasteiger partial charge in [-0.3, -0.25) is 4.79 Å². The van der Waals surface area contributed by atoms with Gasteiger partial charge in [0, 0.05) is 12.7 Å². The third-order valence-electron chi connectivity index (χ3n) is 2.28. The zero-order valence-electron chi connectivity index (χ0n) is 9.63. The highest BCUT2D eigenvalue weighted by Gasteiger charge is 2.15. The van der Waals surface area contributed by atoms with Crippen LogP contribution >= 0.6 is 0 Å². The van der Waals surface area contributed by atoms with Crippen LogP contribution in [-0.4, -0.2) is 32.9 Å². The summed E-state index contributed by atoms with van der Waals surface area (Å²) in [6.07, 6.45) is 1.17. The van der Waals surface area contributed by atoms with Crippen LogP contribution in [0.1, 0.15) is 12.0 Å². The van der Waals surface area contributed by atoms with Gasteiger partial charge in [-0.05, 0) is 24.1 Å². The third-order valence-corrected chi connectivity index (χ3v) is 3.46. The lowest BCUT2D eigenvalue weighted by Gasteiger charge is -2.09. The topological polar surface area (TPSA) is 80.7 Å². The molecule has 0 spiro atoms. The zero-order valence-corrected chi connectivity index (χ0v) is 10.5. The smallest absolute Gasteiger partial charge is 0.303 e. The number of hydrogen-bond donors (Lipinski definition) is 1. The van der Waals surface area contributed by atoms with Gasteiger partial charge in [0.1, 0.15) is 5.75 Å². The summed E-state index contributed by atoms with van der Waals surface area (Å²) in [5.41, 5.74) is 0.496. The molecule has 0 aromatic heterocycles. The van der Waals surface area contributed by atoms with Crippen LogP contribution in [0.5, 0.6) is 5.75 Å². The van der Waals surface area contributed by atoms with E-state index in [0.717, 1.165) is 6.26 Å². The second-order valence-corrected chi connectivity index (χ2v) is 5.62. The van der Waals surface area contributed by atoms with Gasteiger partial charge in [0.05, 0.1) is 12.0 Å². The molecule has 1 aromatic carbocycles. The summed E-state index contributed by atoms with van der Waals surface area (Å²) in [4.78, 5) is 10.6. The summed E-state index contributed by atoms with van der Waals surface area (Å²) >= 11 is 0. The van der Waals surface area contributed by atoms with Crippen LogP contribution in [0.2, 0.25) is 0 Å². The zero-order chi connectivity index (χ0) is 13.1. The minimum absolute atomic E-state index is 0.102. The number of carboxylic acids is 1. The van der Waals surface area contributed by atoms with E-state index in [9.17, 15) is 13.2 Å². The fourth-order valence-electron chi connectivity index (χ4n) is 1.46. The van der Waals surface area contributed by atoms with Crippen LogP contribution in [0.3, 0.4) is 0 Å². The van der Waals surface area contributed by atoms with E-state index in [2.05, 4.69) is 0 Å². The van der Waals surface area contributed by atoms with Gasteiger partial charge in [-0.25, -0.2) is 8.42 Å². The van der Waals surface area contributed by atoms with E-state index in [1.807, 2.05) is 0 Å². The molecule has 0 fully saturated rings. The van der Waals surface area contributed by atoms with E-state index in [4.69, 9.17) is 9.84 Å². The van der Waals surface area contributed by atoms with E-state index >= 15 is 0 Å². The number of benzene rings is 1. The molecule has 94 valence electrons. The lowest BCUT2D eigenvalue weighted by molar-refractivity contribution is -0.136. The largest absolute Gasteiger partial charge is 0.497 e. The maximum atomic E-state index is 11.6. The van der Waals surface area contributed by atoms with Gasteiger partial charge in [0.15, 0.2) is 9.84 Å². The molecular formula is C11H14O5S. The van der Waals surface area contributed by atoms with E-state index in [1.54, 1.807) is 12.1 Å². The Bertz CT molecular complexity index is 519. The summed E-state index contributed by atoms with van der Waals surface area (Å²) < 4.78 is 28.1.